The average molecular weight is 481 g/mol. The van der Waals surface area contributed by atoms with Crippen molar-refractivity contribution in [3.63, 3.8) is 0 Å². The number of benzene rings is 2. The Bertz CT molecular complexity index is 1080. The Morgan fingerprint density at radius 1 is 0.886 bits per heavy atom. The smallest absolute Gasteiger partial charge is 0.303 e. The molecular weight excluding hydrogens is 448 g/mol. The number of esters is 1. The summed E-state index contributed by atoms with van der Waals surface area (Å²) in [6.07, 6.45) is 1.53. The fourth-order valence-electron chi connectivity index (χ4n) is 5.09. The molecule has 1 spiro atoms. The predicted octanol–water partition coefficient (Wildman–Crippen LogP) is 3.46. The number of hydrogen-bond donors (Lipinski definition) is 0. The van der Waals surface area contributed by atoms with Crippen molar-refractivity contribution in [3.05, 3.63) is 59.7 Å². The highest BCUT2D eigenvalue weighted by molar-refractivity contribution is 5.97. The molecule has 2 aliphatic rings. The van der Waals surface area contributed by atoms with Gasteiger partial charge in [-0.05, 0) is 42.9 Å². The molecule has 0 N–H and O–H groups in total. The zero-order valence-electron chi connectivity index (χ0n) is 20.5. The monoisotopic (exact) mass is 480 g/mol. The molecule has 186 valence electrons. The number of ether oxygens (including phenoxy) is 3. The second-order valence-corrected chi connectivity index (χ2v) is 9.27. The van der Waals surface area contributed by atoms with Crippen molar-refractivity contribution in [1.82, 2.24) is 9.80 Å². The molecule has 4 rings (SSSR count). The van der Waals surface area contributed by atoms with Gasteiger partial charge in [0.15, 0.2) is 0 Å². The molecule has 35 heavy (non-hydrogen) atoms. The molecule has 0 aliphatic carbocycles. The molecule has 2 fully saturated rings. The maximum Gasteiger partial charge on any atom is 0.303 e. The average Bonchev–Trinajstić information content (AvgIpc) is 3.30. The summed E-state index contributed by atoms with van der Waals surface area (Å²) in [5.41, 5.74) is 1.11. The molecule has 0 radical (unpaired) electrons. The Morgan fingerprint density at radius 3 is 2.14 bits per heavy atom. The maximum absolute atomic E-state index is 13.4. The highest BCUT2D eigenvalue weighted by atomic mass is 16.5. The Labute approximate surface area is 205 Å². The number of rotatable bonds is 6. The molecule has 1 atom stereocenters. The van der Waals surface area contributed by atoms with Gasteiger partial charge in [-0.1, -0.05) is 30.3 Å². The van der Waals surface area contributed by atoms with Crippen LogP contribution in [0.15, 0.2) is 48.5 Å². The number of nitrogens with zero attached hydrogens (tertiary/aromatic N) is 2. The number of methoxy groups -OCH3 is 2. The van der Waals surface area contributed by atoms with Crippen molar-refractivity contribution in [2.75, 3.05) is 40.4 Å². The van der Waals surface area contributed by atoms with Gasteiger partial charge in [0.1, 0.15) is 11.5 Å². The van der Waals surface area contributed by atoms with Crippen molar-refractivity contribution >= 4 is 17.8 Å². The summed E-state index contributed by atoms with van der Waals surface area (Å²) < 4.78 is 16.1. The van der Waals surface area contributed by atoms with Gasteiger partial charge in [0.25, 0.3) is 11.8 Å². The minimum absolute atomic E-state index is 0.0393. The number of hydrogen-bond acceptors (Lipinski definition) is 6. The molecule has 2 aliphatic heterocycles. The van der Waals surface area contributed by atoms with Gasteiger partial charge in [-0.15, -0.1) is 0 Å². The van der Waals surface area contributed by atoms with Crippen LogP contribution in [0.25, 0.3) is 0 Å². The van der Waals surface area contributed by atoms with Crippen molar-refractivity contribution in [1.29, 1.82) is 0 Å². The van der Waals surface area contributed by atoms with E-state index in [1.54, 1.807) is 44.6 Å². The van der Waals surface area contributed by atoms with Crippen LogP contribution in [-0.2, 0) is 14.3 Å². The summed E-state index contributed by atoms with van der Waals surface area (Å²) in [6.45, 7) is 3.74. The largest absolute Gasteiger partial charge is 0.497 e. The van der Waals surface area contributed by atoms with E-state index in [1.807, 2.05) is 28.0 Å². The molecule has 2 aromatic carbocycles. The van der Waals surface area contributed by atoms with E-state index >= 15 is 0 Å². The molecule has 0 saturated carbocycles. The lowest BCUT2D eigenvalue weighted by atomic mass is 9.77. The third-order valence-electron chi connectivity index (χ3n) is 7.11. The van der Waals surface area contributed by atoms with Crippen LogP contribution in [-0.4, -0.2) is 68.0 Å². The summed E-state index contributed by atoms with van der Waals surface area (Å²) in [4.78, 5) is 42.0. The topological polar surface area (TPSA) is 85.4 Å². The van der Waals surface area contributed by atoms with Crippen molar-refractivity contribution < 1.29 is 28.6 Å². The van der Waals surface area contributed by atoms with E-state index in [9.17, 15) is 14.4 Å². The van der Waals surface area contributed by atoms with E-state index in [0.29, 0.717) is 48.8 Å². The maximum atomic E-state index is 13.4. The minimum Gasteiger partial charge on any atom is -0.497 e. The first kappa shape index (κ1) is 24.6. The van der Waals surface area contributed by atoms with Crippen LogP contribution in [0.3, 0.4) is 0 Å². The van der Waals surface area contributed by atoms with Crippen molar-refractivity contribution in [3.8, 4) is 11.5 Å². The van der Waals surface area contributed by atoms with Crippen LogP contribution < -0.4 is 9.47 Å². The SMILES string of the molecule is COc1ccc(OC)c(C(=O)N2CCC3(CC2)CCN(C(=O)[C@H](OC(C)=O)c2ccccc2)C3)c1. The Hall–Kier alpha value is -3.55. The molecule has 8 nitrogen and oxygen atoms in total. The fraction of sp³-hybridized carbons (Fsp3) is 0.444. The first-order chi connectivity index (χ1) is 16.9. The Morgan fingerprint density at radius 2 is 1.54 bits per heavy atom. The molecule has 0 unspecified atom stereocenters. The number of piperidine rings is 1. The zero-order chi connectivity index (χ0) is 25.0. The molecule has 0 bridgehead atoms. The third kappa shape index (κ3) is 5.26. The minimum atomic E-state index is -0.939. The molecule has 2 saturated heterocycles. The van der Waals surface area contributed by atoms with E-state index in [1.165, 1.54) is 6.92 Å². The van der Waals surface area contributed by atoms with Gasteiger partial charge in [-0.2, -0.15) is 0 Å². The lowest BCUT2D eigenvalue weighted by Crippen LogP contribution is -2.45. The number of amides is 2. The van der Waals surface area contributed by atoms with Gasteiger partial charge in [0, 0.05) is 38.7 Å². The molecule has 2 heterocycles. The van der Waals surface area contributed by atoms with Crippen LogP contribution in [0.5, 0.6) is 11.5 Å². The van der Waals surface area contributed by atoms with Gasteiger partial charge in [-0.25, -0.2) is 0 Å². The van der Waals surface area contributed by atoms with E-state index in [4.69, 9.17) is 14.2 Å². The van der Waals surface area contributed by atoms with Gasteiger partial charge in [-0.3, -0.25) is 14.4 Å². The first-order valence-electron chi connectivity index (χ1n) is 11.9. The van der Waals surface area contributed by atoms with Gasteiger partial charge >= 0.3 is 5.97 Å². The normalized spacial score (nSPS) is 17.7. The fourth-order valence-corrected chi connectivity index (χ4v) is 5.09. The standard InChI is InChI=1S/C27H32N2O6/c1-19(30)35-24(20-7-5-4-6-8-20)26(32)29-16-13-27(18-29)11-14-28(15-12-27)25(31)22-17-21(33-2)9-10-23(22)34-3/h4-10,17,24H,11-16,18H2,1-3H3/t24-/m1/s1. The van der Waals surface area contributed by atoms with E-state index in [-0.39, 0.29) is 17.2 Å². The summed E-state index contributed by atoms with van der Waals surface area (Å²) in [5, 5.41) is 0. The second kappa shape index (κ2) is 10.4. The number of carbonyl (C=O) groups excluding carboxylic acids is 3. The molecule has 2 amide bonds. The Kier molecular flexibility index (Phi) is 7.28. The number of likely N-dealkylation sites (tertiary alicyclic amines) is 2. The van der Waals surface area contributed by atoms with Crippen LogP contribution in [0.4, 0.5) is 0 Å². The van der Waals surface area contributed by atoms with Gasteiger partial charge < -0.3 is 24.0 Å². The summed E-state index contributed by atoms with van der Waals surface area (Å²) >= 11 is 0. The van der Waals surface area contributed by atoms with Crippen molar-refractivity contribution in [2.24, 2.45) is 5.41 Å². The molecule has 2 aromatic rings. The molecule has 0 aromatic heterocycles. The lowest BCUT2D eigenvalue weighted by molar-refractivity contribution is -0.159. The highest BCUT2D eigenvalue weighted by Gasteiger charge is 2.44. The van der Waals surface area contributed by atoms with E-state index in [0.717, 1.165) is 19.3 Å². The summed E-state index contributed by atoms with van der Waals surface area (Å²) in [6, 6.07) is 14.3. The first-order valence-corrected chi connectivity index (χ1v) is 11.9. The molecule has 8 heteroatoms. The number of carbonyl (C=O) groups is 3. The third-order valence-corrected chi connectivity index (χ3v) is 7.11. The second-order valence-electron chi connectivity index (χ2n) is 9.27. The van der Waals surface area contributed by atoms with E-state index in [2.05, 4.69) is 0 Å². The predicted molar refractivity (Wildman–Crippen MR) is 129 cm³/mol. The Balaban J connectivity index is 1.42. The summed E-state index contributed by atoms with van der Waals surface area (Å²) in [7, 11) is 3.12. The molecular formula is C27H32N2O6. The van der Waals surface area contributed by atoms with Gasteiger partial charge in [0.05, 0.1) is 19.8 Å². The van der Waals surface area contributed by atoms with Crippen LogP contribution >= 0.6 is 0 Å². The lowest BCUT2D eigenvalue weighted by Gasteiger charge is -2.39. The van der Waals surface area contributed by atoms with Gasteiger partial charge in [0.2, 0.25) is 6.10 Å². The summed E-state index contributed by atoms with van der Waals surface area (Å²) in [5.74, 6) is 0.365. The quantitative estimate of drug-likeness (QED) is 0.589. The van der Waals surface area contributed by atoms with Crippen molar-refractivity contribution in [2.45, 2.75) is 32.3 Å². The zero-order valence-corrected chi connectivity index (χ0v) is 20.5. The van der Waals surface area contributed by atoms with E-state index < -0.39 is 12.1 Å². The van der Waals surface area contributed by atoms with Crippen LogP contribution in [0.1, 0.15) is 48.2 Å². The highest BCUT2D eigenvalue weighted by Crippen LogP contribution is 2.42. The van der Waals surface area contributed by atoms with Crippen LogP contribution in [0, 0.1) is 5.41 Å². The van der Waals surface area contributed by atoms with Crippen LogP contribution in [0.2, 0.25) is 0 Å².